The van der Waals surface area contributed by atoms with E-state index in [1.807, 2.05) is 0 Å². The number of ether oxygens (including phenoxy) is 2. The summed E-state index contributed by atoms with van der Waals surface area (Å²) in [7, 11) is -6.10. The Kier molecular flexibility index (Phi) is 20.7. The number of ketones is 2. The number of anilines is 4. The van der Waals surface area contributed by atoms with Crippen molar-refractivity contribution in [1.29, 1.82) is 0 Å². The van der Waals surface area contributed by atoms with Crippen molar-refractivity contribution in [3.05, 3.63) is 238 Å². The van der Waals surface area contributed by atoms with E-state index in [1.54, 1.807) is 135 Å². The van der Waals surface area contributed by atoms with Crippen LogP contribution in [0.5, 0.6) is 11.5 Å². The normalized spacial score (nSPS) is 13.9. The Morgan fingerprint density at radius 2 is 0.955 bits per heavy atom. The van der Waals surface area contributed by atoms with Gasteiger partial charge in [-0.2, -0.15) is 18.6 Å². The van der Waals surface area contributed by atoms with E-state index in [2.05, 4.69) is 41.7 Å². The number of fused-ring (bicyclic) bond motifs is 2. The van der Waals surface area contributed by atoms with Gasteiger partial charge in [0.2, 0.25) is 17.5 Å². The number of nitrogens with zero attached hydrogens (tertiary/aromatic N) is 4. The molecule has 8 aromatic carbocycles. The number of methoxy groups -OCH3 is 2. The first-order valence-electron chi connectivity index (χ1n) is 26.3. The molecule has 0 unspecified atom stereocenters. The van der Waals surface area contributed by atoms with Crippen molar-refractivity contribution in [2.24, 2.45) is 20.2 Å². The number of benzene rings is 8. The zero-order chi connectivity index (χ0) is 62.9. The van der Waals surface area contributed by atoms with Gasteiger partial charge in [0, 0.05) is 28.1 Å². The molecule has 2 aliphatic carbocycles. The number of hydrazone groups is 2. The molecule has 89 heavy (non-hydrogen) atoms. The summed E-state index contributed by atoms with van der Waals surface area (Å²) < 4.78 is 76.5. The van der Waals surface area contributed by atoms with Crippen LogP contribution in [0.3, 0.4) is 0 Å². The minimum Gasteiger partial charge on any atom is -0.858 e. The van der Waals surface area contributed by atoms with Crippen LogP contribution in [0.2, 0.25) is 0 Å². The quantitative estimate of drug-likeness (QED) is 0.0131. The summed E-state index contributed by atoms with van der Waals surface area (Å²) in [6.45, 7) is 3.56. The molecule has 0 bridgehead atoms. The van der Waals surface area contributed by atoms with Gasteiger partial charge in [-0.05, 0) is 163 Å². The van der Waals surface area contributed by atoms with Gasteiger partial charge in [0.1, 0.15) is 33.0 Å². The predicted octanol–water partition coefficient (Wildman–Crippen LogP) is 8.69. The fraction of sp³-hybridized carbons (Fsp3) is 0.0625. The van der Waals surface area contributed by atoms with Crippen LogP contribution in [0.15, 0.2) is 223 Å². The van der Waals surface area contributed by atoms with Crippen LogP contribution < -0.4 is 36.1 Å². The van der Waals surface area contributed by atoms with Crippen LogP contribution in [0.4, 0.5) is 34.1 Å². The van der Waals surface area contributed by atoms with E-state index in [4.69, 9.17) is 9.47 Å². The minimum atomic E-state index is -4.72. The molecule has 0 fully saturated rings. The van der Waals surface area contributed by atoms with Gasteiger partial charge >= 0.3 is 37.7 Å². The van der Waals surface area contributed by atoms with Gasteiger partial charge in [-0.1, -0.05) is 78.9 Å². The number of carbonyl (C=O) groups excluding carboxylic acids is 4. The molecule has 2 amide bonds. The molecular weight excluding hydrogens is 1210 g/mol. The van der Waals surface area contributed by atoms with E-state index in [0.717, 1.165) is 23.8 Å². The second-order valence-electron chi connectivity index (χ2n) is 19.3. The van der Waals surface area contributed by atoms with E-state index < -0.39 is 60.3 Å². The summed E-state index contributed by atoms with van der Waals surface area (Å²) in [5.41, 5.74) is 11.5. The van der Waals surface area contributed by atoms with Crippen molar-refractivity contribution < 1.29 is 64.8 Å². The summed E-state index contributed by atoms with van der Waals surface area (Å²) in [6, 6.07) is 46.9. The molecule has 22 nitrogen and oxygen atoms in total. The second-order valence-corrected chi connectivity index (χ2v) is 22.1. The Bertz CT molecular complexity index is 4260. The third-order valence-corrected chi connectivity index (χ3v) is 15.1. The smallest absolute Gasteiger partial charge is 0.858 e. The van der Waals surface area contributed by atoms with Crippen molar-refractivity contribution >= 4 is 151 Å². The Morgan fingerprint density at radius 3 is 1.42 bits per heavy atom. The zero-order valence-electron chi connectivity index (χ0n) is 47.6. The van der Waals surface area contributed by atoms with Crippen molar-refractivity contribution in [2.75, 3.05) is 35.7 Å². The first-order valence-corrected chi connectivity index (χ1v) is 29.1. The number of Topliss-reactive ketones (excluding diaryl/α,β-unsaturated/α-hetero) is 2. The number of aliphatic hydroxyl groups is 1. The molecule has 0 aromatic heterocycles. The number of aliphatic imine (C=N–C) groups is 2. The van der Waals surface area contributed by atoms with Gasteiger partial charge in [0.05, 0.1) is 57.9 Å². The Labute approximate surface area is 540 Å². The molecule has 6 N–H and O–H groups in total. The second kappa shape index (κ2) is 28.3. The third-order valence-electron chi connectivity index (χ3n) is 13.4. The summed E-state index contributed by atoms with van der Waals surface area (Å²) >= 11 is 0. The molecule has 0 saturated heterocycles. The monoisotopic (exact) mass is 1260 g/mol. The summed E-state index contributed by atoms with van der Waals surface area (Å²) in [5, 5.41) is 37.8. The number of carbonyl (C=O) groups is 4. The van der Waals surface area contributed by atoms with Crippen LogP contribution in [-0.4, -0.2) is 130 Å². The van der Waals surface area contributed by atoms with Crippen molar-refractivity contribution in [2.45, 2.75) is 23.6 Å². The number of aliphatic hydroxyl groups excluding tert-OH is 1. The largest absolute Gasteiger partial charge is 2.00 e. The fourth-order valence-corrected chi connectivity index (χ4v) is 9.73. The molecule has 0 heterocycles. The van der Waals surface area contributed by atoms with E-state index in [9.17, 15) is 55.3 Å². The van der Waals surface area contributed by atoms with Crippen LogP contribution in [0.25, 0.3) is 12.2 Å². The van der Waals surface area contributed by atoms with Gasteiger partial charge < -0.3 is 34.9 Å². The topological polar surface area (TPSA) is 339 Å². The number of hydrogen-bond donors (Lipinski definition) is 6. The molecule has 2 aliphatic rings. The molecule has 444 valence electrons. The molecule has 0 saturated carbocycles. The molecule has 0 radical (unpaired) electrons. The third kappa shape index (κ3) is 16.0. The van der Waals surface area contributed by atoms with Crippen molar-refractivity contribution in [1.82, 2.24) is 0 Å². The first-order chi connectivity index (χ1) is 42.1. The number of amides is 2. The summed E-state index contributed by atoms with van der Waals surface area (Å²) in [6.07, 6.45) is 3.03. The Balaban J connectivity index is 0.000000228. The maximum absolute atomic E-state index is 13.6. The van der Waals surface area contributed by atoms with Crippen LogP contribution in [0, 0.1) is 13.8 Å². The molecule has 0 atom stereocenters. The minimum absolute atomic E-state index is 0. The average Bonchev–Trinajstić information content (AvgIpc) is 1.85. The van der Waals surface area contributed by atoms with Gasteiger partial charge in [-0.3, -0.25) is 39.6 Å². The van der Waals surface area contributed by atoms with E-state index in [0.29, 0.717) is 62.1 Å². The SMILES string of the molecule is COc1ccc(NC(=O)C2=Cc3ccccc3/C(=N/Nc3cc(C(O)=Nc4cccc(S(=O)(=O)O)c4)ccc3C)C2=O)cc1.COc1ccc(NC(=O)C2=Cc3ccccc3/C(=N/Nc3cc(C([O-])=Nc4cccc(S(=O)(=O)[O-])c4)ccc3C)C2=O)cc1.[Ca+2]. The van der Waals surface area contributed by atoms with Crippen LogP contribution >= 0.6 is 0 Å². The molecular formula is C64H50CaN8O14S2. The summed E-state index contributed by atoms with van der Waals surface area (Å²) in [4.78, 5) is 60.5. The molecule has 25 heteroatoms. The van der Waals surface area contributed by atoms with Crippen molar-refractivity contribution in [3.63, 3.8) is 0 Å². The van der Waals surface area contributed by atoms with Gasteiger partial charge in [-0.15, -0.1) is 0 Å². The van der Waals surface area contributed by atoms with Gasteiger partial charge in [0.15, 0.2) is 0 Å². The molecule has 8 aromatic rings. The average molecular weight is 1260 g/mol. The van der Waals surface area contributed by atoms with Crippen LogP contribution in [-0.2, 0) is 39.4 Å². The molecule has 0 spiro atoms. The number of aryl methyl sites for hydroxylation is 2. The Morgan fingerprint density at radius 1 is 0.528 bits per heavy atom. The van der Waals surface area contributed by atoms with E-state index in [-0.39, 0.29) is 87.7 Å². The maximum atomic E-state index is 13.6. The maximum Gasteiger partial charge on any atom is 2.00 e. The first kappa shape index (κ1) is 65.1. The number of rotatable bonds is 16. The zero-order valence-corrected chi connectivity index (χ0v) is 51.4. The van der Waals surface area contributed by atoms with Gasteiger partial charge in [-0.25, -0.2) is 13.4 Å². The molecule has 10 rings (SSSR count). The van der Waals surface area contributed by atoms with Gasteiger partial charge in [0.25, 0.3) is 21.9 Å². The standard InChI is InChI=1S/2C32H26N4O7S.Ca/c2*1-19-10-11-21(31(38)34-23-7-5-8-25(18-23)44(40,41)42)17-28(19)35-36-29-26-9-4-3-6-20(26)16-27(30(29)37)32(39)33-22-12-14-24(43-2)15-13-22;/h2*3-18,35H,1-2H3,(H,33,39)(H,34,38)(H,40,41,42);/q;;+2/p-2/b2*36-29-;. The molecule has 0 aliphatic heterocycles. The number of hydrogen-bond acceptors (Lipinski definition) is 18. The van der Waals surface area contributed by atoms with Crippen molar-refractivity contribution in [3.8, 4) is 11.5 Å². The van der Waals surface area contributed by atoms with E-state index >= 15 is 0 Å². The summed E-state index contributed by atoms with van der Waals surface area (Å²) in [5.74, 6) is -2.27. The Hall–Kier alpha value is -9.92. The fourth-order valence-electron chi connectivity index (χ4n) is 8.70. The number of nitrogens with one attached hydrogen (secondary N) is 4. The predicted molar refractivity (Wildman–Crippen MR) is 336 cm³/mol. The van der Waals surface area contributed by atoms with E-state index in [1.165, 1.54) is 68.8 Å². The van der Waals surface area contributed by atoms with Crippen LogP contribution in [0.1, 0.15) is 44.5 Å².